The van der Waals surface area contributed by atoms with Gasteiger partial charge in [0.15, 0.2) is 0 Å². The minimum Gasteiger partial charge on any atom is -0.465 e. The van der Waals surface area contributed by atoms with E-state index in [4.69, 9.17) is 4.74 Å². The standard InChI is InChI=1S/C22H28FN3O5S/c1-13-11-17(8-9-18(13)23)24-21(27)16-7-6-10-26(12-16)32(29,30)20-15(3)25(4)14(2)19(20)22(28)31-5/h8-9,11,16H,6-7,10,12H2,1-5H3,(H,24,27)/t16-/m1/s1. The van der Waals surface area contributed by atoms with Gasteiger partial charge in [0, 0.05) is 37.2 Å². The first-order chi connectivity index (χ1) is 15.0. The van der Waals surface area contributed by atoms with Crippen LogP contribution in [0.2, 0.25) is 0 Å². The zero-order chi connectivity index (χ0) is 23.8. The average molecular weight is 466 g/mol. The second-order valence-electron chi connectivity index (χ2n) is 8.08. The van der Waals surface area contributed by atoms with Gasteiger partial charge in [-0.3, -0.25) is 4.79 Å². The molecule has 1 fully saturated rings. The molecule has 0 radical (unpaired) electrons. The topological polar surface area (TPSA) is 97.7 Å². The lowest BCUT2D eigenvalue weighted by atomic mass is 9.98. The Labute approximate surface area is 187 Å². The van der Waals surface area contributed by atoms with Crippen LogP contribution in [-0.2, 0) is 26.6 Å². The summed E-state index contributed by atoms with van der Waals surface area (Å²) < 4.78 is 48.3. The van der Waals surface area contributed by atoms with E-state index in [0.29, 0.717) is 35.5 Å². The number of halogens is 1. The molecule has 0 aliphatic carbocycles. The molecule has 3 rings (SSSR count). The molecule has 0 spiro atoms. The number of methoxy groups -OCH3 is 1. The zero-order valence-electron chi connectivity index (χ0n) is 18.9. The van der Waals surface area contributed by atoms with E-state index in [2.05, 4.69) is 5.32 Å². The van der Waals surface area contributed by atoms with Crippen LogP contribution in [0.25, 0.3) is 0 Å². The van der Waals surface area contributed by atoms with Crippen LogP contribution in [0.5, 0.6) is 0 Å². The molecule has 1 aromatic heterocycles. The van der Waals surface area contributed by atoms with E-state index in [1.807, 2.05) is 0 Å². The third-order valence-corrected chi connectivity index (χ3v) is 8.12. The number of carbonyl (C=O) groups is 2. The van der Waals surface area contributed by atoms with Crippen molar-refractivity contribution in [2.75, 3.05) is 25.5 Å². The number of rotatable bonds is 5. The van der Waals surface area contributed by atoms with E-state index in [1.165, 1.54) is 29.6 Å². The van der Waals surface area contributed by atoms with Gasteiger partial charge >= 0.3 is 5.97 Å². The number of aryl methyl sites for hydroxylation is 1. The minimum atomic E-state index is -4.05. The van der Waals surface area contributed by atoms with Gasteiger partial charge in [0.05, 0.1) is 13.0 Å². The number of piperidine rings is 1. The summed E-state index contributed by atoms with van der Waals surface area (Å²) in [6, 6.07) is 4.27. The largest absolute Gasteiger partial charge is 0.465 e. The fourth-order valence-corrected chi connectivity index (χ4v) is 6.05. The molecule has 1 aliphatic rings. The number of hydrogen-bond acceptors (Lipinski definition) is 5. The molecule has 1 amide bonds. The number of amides is 1. The van der Waals surface area contributed by atoms with Gasteiger partial charge in [0.1, 0.15) is 16.3 Å². The maximum atomic E-state index is 13.6. The highest BCUT2D eigenvalue weighted by Gasteiger charge is 2.38. The van der Waals surface area contributed by atoms with Gasteiger partial charge in [0.25, 0.3) is 0 Å². The quantitative estimate of drug-likeness (QED) is 0.685. The maximum Gasteiger partial charge on any atom is 0.341 e. The second-order valence-corrected chi connectivity index (χ2v) is 9.96. The van der Waals surface area contributed by atoms with E-state index >= 15 is 0 Å². The summed E-state index contributed by atoms with van der Waals surface area (Å²) in [7, 11) is -1.15. The molecular formula is C22H28FN3O5S. The van der Waals surface area contributed by atoms with Crippen LogP contribution in [0.3, 0.4) is 0 Å². The third-order valence-electron chi connectivity index (χ3n) is 6.09. The van der Waals surface area contributed by atoms with E-state index in [1.54, 1.807) is 32.4 Å². The van der Waals surface area contributed by atoms with Crippen LogP contribution < -0.4 is 5.32 Å². The van der Waals surface area contributed by atoms with Crippen molar-refractivity contribution in [2.45, 2.75) is 38.5 Å². The first-order valence-corrected chi connectivity index (χ1v) is 11.7. The Kier molecular flexibility index (Phi) is 6.75. The Hall–Kier alpha value is -2.72. The van der Waals surface area contributed by atoms with Crippen molar-refractivity contribution in [1.29, 1.82) is 0 Å². The lowest BCUT2D eigenvalue weighted by Crippen LogP contribution is -2.44. The highest BCUT2D eigenvalue weighted by atomic mass is 32.2. The van der Waals surface area contributed by atoms with Crippen LogP contribution >= 0.6 is 0 Å². The number of carbonyl (C=O) groups excluding carboxylic acids is 2. The first kappa shape index (κ1) is 23.9. The molecule has 2 aromatic rings. The molecule has 0 unspecified atom stereocenters. The first-order valence-electron chi connectivity index (χ1n) is 10.3. The number of nitrogens with zero attached hydrogens (tertiary/aromatic N) is 2. The SMILES string of the molecule is COC(=O)c1c(S(=O)(=O)N2CCC[C@@H](C(=O)Nc3ccc(F)c(C)c3)C2)c(C)n(C)c1C. The summed E-state index contributed by atoms with van der Waals surface area (Å²) in [5.74, 6) is -1.99. The smallest absolute Gasteiger partial charge is 0.341 e. The van der Waals surface area contributed by atoms with E-state index in [-0.39, 0.29) is 35.3 Å². The number of anilines is 1. The van der Waals surface area contributed by atoms with Crippen LogP contribution in [0.1, 0.15) is 40.2 Å². The molecule has 1 atom stereocenters. The molecule has 1 aliphatic heterocycles. The zero-order valence-corrected chi connectivity index (χ0v) is 19.7. The number of ether oxygens (including phenoxy) is 1. The van der Waals surface area contributed by atoms with Crippen LogP contribution in [0, 0.1) is 32.5 Å². The summed E-state index contributed by atoms with van der Waals surface area (Å²) in [5.41, 5.74) is 1.79. The second kappa shape index (κ2) is 9.03. The van der Waals surface area contributed by atoms with Gasteiger partial charge in [0.2, 0.25) is 15.9 Å². The van der Waals surface area contributed by atoms with Crippen LogP contribution in [0.15, 0.2) is 23.1 Å². The fourth-order valence-electron chi connectivity index (χ4n) is 4.05. The highest BCUT2D eigenvalue weighted by molar-refractivity contribution is 7.89. The van der Waals surface area contributed by atoms with Crippen LogP contribution in [0.4, 0.5) is 10.1 Å². The van der Waals surface area contributed by atoms with Crippen molar-refractivity contribution in [3.05, 3.63) is 46.5 Å². The van der Waals surface area contributed by atoms with Gasteiger partial charge in [-0.15, -0.1) is 0 Å². The molecule has 32 heavy (non-hydrogen) atoms. The van der Waals surface area contributed by atoms with E-state index < -0.39 is 21.9 Å². The summed E-state index contributed by atoms with van der Waals surface area (Å²) in [6.07, 6.45) is 1.02. The Morgan fingerprint density at radius 2 is 1.88 bits per heavy atom. The molecule has 1 N–H and O–H groups in total. The van der Waals surface area contributed by atoms with Gasteiger partial charge in [-0.2, -0.15) is 4.31 Å². The molecule has 2 heterocycles. The number of esters is 1. The number of hydrogen-bond donors (Lipinski definition) is 1. The van der Waals surface area contributed by atoms with Crippen molar-refractivity contribution in [3.63, 3.8) is 0 Å². The van der Waals surface area contributed by atoms with Crippen molar-refractivity contribution < 1.29 is 27.1 Å². The van der Waals surface area contributed by atoms with Crippen molar-refractivity contribution in [2.24, 2.45) is 13.0 Å². The molecule has 174 valence electrons. The number of sulfonamides is 1. The Balaban J connectivity index is 1.87. The monoisotopic (exact) mass is 465 g/mol. The summed E-state index contributed by atoms with van der Waals surface area (Å²) in [5, 5.41) is 2.75. The summed E-state index contributed by atoms with van der Waals surface area (Å²) in [6.45, 7) is 5.13. The molecule has 10 heteroatoms. The highest BCUT2D eigenvalue weighted by Crippen LogP contribution is 2.32. The lowest BCUT2D eigenvalue weighted by Gasteiger charge is -2.31. The maximum absolute atomic E-state index is 13.6. The number of nitrogens with one attached hydrogen (secondary N) is 1. The van der Waals surface area contributed by atoms with Gasteiger partial charge in [-0.05, 0) is 57.4 Å². The molecular weight excluding hydrogens is 437 g/mol. The molecule has 0 bridgehead atoms. The molecule has 1 saturated heterocycles. The normalized spacial score (nSPS) is 17.2. The molecule has 1 aromatic carbocycles. The Morgan fingerprint density at radius 3 is 2.50 bits per heavy atom. The Morgan fingerprint density at radius 1 is 1.19 bits per heavy atom. The van der Waals surface area contributed by atoms with Crippen molar-refractivity contribution in [1.82, 2.24) is 8.87 Å². The van der Waals surface area contributed by atoms with Gasteiger partial charge in [-0.1, -0.05) is 0 Å². The Bertz CT molecular complexity index is 1170. The number of benzene rings is 1. The van der Waals surface area contributed by atoms with Gasteiger partial charge in [-0.25, -0.2) is 17.6 Å². The summed E-state index contributed by atoms with van der Waals surface area (Å²) >= 11 is 0. The predicted molar refractivity (Wildman–Crippen MR) is 117 cm³/mol. The molecule has 8 nitrogen and oxygen atoms in total. The van der Waals surface area contributed by atoms with Gasteiger partial charge < -0.3 is 14.6 Å². The van der Waals surface area contributed by atoms with E-state index in [9.17, 15) is 22.4 Å². The van der Waals surface area contributed by atoms with Crippen molar-refractivity contribution in [3.8, 4) is 0 Å². The number of aromatic nitrogens is 1. The minimum absolute atomic E-state index is 0.0116. The van der Waals surface area contributed by atoms with Crippen molar-refractivity contribution >= 4 is 27.6 Å². The average Bonchev–Trinajstić information content (AvgIpc) is 3.00. The predicted octanol–water partition coefficient (Wildman–Crippen LogP) is 2.92. The fraction of sp³-hybridized carbons (Fsp3) is 0.455. The summed E-state index contributed by atoms with van der Waals surface area (Å²) in [4.78, 5) is 25.1. The van der Waals surface area contributed by atoms with Crippen LogP contribution in [-0.4, -0.2) is 49.4 Å². The molecule has 0 saturated carbocycles. The van der Waals surface area contributed by atoms with E-state index in [0.717, 1.165) is 0 Å². The third kappa shape index (κ3) is 4.29. The lowest BCUT2D eigenvalue weighted by molar-refractivity contribution is -0.120.